The maximum atomic E-state index is 12.8. The fourth-order valence-corrected chi connectivity index (χ4v) is 4.54. The molecule has 1 aromatic rings. The Morgan fingerprint density at radius 1 is 1.16 bits per heavy atom. The first-order valence-corrected chi connectivity index (χ1v) is 11.3. The third-order valence-electron chi connectivity index (χ3n) is 6.37. The zero-order valence-corrected chi connectivity index (χ0v) is 18.7. The van der Waals surface area contributed by atoms with Crippen molar-refractivity contribution in [2.45, 2.75) is 38.7 Å². The van der Waals surface area contributed by atoms with E-state index in [1.54, 1.807) is 7.11 Å². The zero-order chi connectivity index (χ0) is 21.8. The third kappa shape index (κ3) is 4.33. The summed E-state index contributed by atoms with van der Waals surface area (Å²) in [6, 6.07) is 6.01. The number of methoxy groups -OCH3 is 1. The lowest BCUT2D eigenvalue weighted by Gasteiger charge is -2.40. The van der Waals surface area contributed by atoms with E-state index in [4.69, 9.17) is 9.47 Å². The van der Waals surface area contributed by atoms with Crippen LogP contribution in [0.15, 0.2) is 59.7 Å². The molecule has 1 fully saturated rings. The summed E-state index contributed by atoms with van der Waals surface area (Å²) in [6.45, 7) is 7.34. The van der Waals surface area contributed by atoms with Crippen LogP contribution >= 0.6 is 0 Å². The molecule has 2 aliphatic heterocycles. The molecule has 1 aliphatic carbocycles. The van der Waals surface area contributed by atoms with Crippen molar-refractivity contribution < 1.29 is 14.3 Å². The van der Waals surface area contributed by atoms with Crippen molar-refractivity contribution in [3.05, 3.63) is 65.3 Å². The van der Waals surface area contributed by atoms with E-state index in [1.165, 1.54) is 0 Å². The third-order valence-corrected chi connectivity index (χ3v) is 6.37. The van der Waals surface area contributed by atoms with Crippen molar-refractivity contribution in [2.75, 3.05) is 33.3 Å². The Hall–Kier alpha value is -2.79. The molecule has 1 spiro atoms. The Morgan fingerprint density at radius 2 is 1.94 bits per heavy atom. The van der Waals surface area contributed by atoms with Crippen LogP contribution in [-0.2, 0) is 4.79 Å². The Bertz CT molecular complexity index is 961. The average Bonchev–Trinajstić information content (AvgIpc) is 3.06. The van der Waals surface area contributed by atoms with E-state index in [1.807, 2.05) is 49.1 Å². The summed E-state index contributed by atoms with van der Waals surface area (Å²) in [5.74, 6) is 1.79. The molecule has 0 saturated carbocycles. The first kappa shape index (κ1) is 21.4. The lowest BCUT2D eigenvalue weighted by molar-refractivity contribution is -0.126. The van der Waals surface area contributed by atoms with Gasteiger partial charge in [-0.05, 0) is 74.9 Å². The van der Waals surface area contributed by atoms with Crippen molar-refractivity contribution in [2.24, 2.45) is 0 Å². The maximum Gasteiger partial charge on any atom is 0.253 e. The molecule has 5 nitrogen and oxygen atoms in total. The minimum Gasteiger partial charge on any atom is -0.497 e. The van der Waals surface area contributed by atoms with Gasteiger partial charge in [-0.3, -0.25) is 4.79 Å². The molecule has 0 atom stereocenters. The van der Waals surface area contributed by atoms with Crippen LogP contribution in [0.1, 0.15) is 38.7 Å². The van der Waals surface area contributed by atoms with Crippen molar-refractivity contribution in [1.29, 1.82) is 0 Å². The van der Waals surface area contributed by atoms with Crippen LogP contribution in [0.3, 0.4) is 0 Å². The Labute approximate surface area is 185 Å². The van der Waals surface area contributed by atoms with Crippen LogP contribution in [-0.4, -0.2) is 49.7 Å². The van der Waals surface area contributed by atoms with Gasteiger partial charge in [0.2, 0.25) is 0 Å². The lowest BCUT2D eigenvalue weighted by Crippen LogP contribution is -2.46. The van der Waals surface area contributed by atoms with Gasteiger partial charge in [0.1, 0.15) is 17.1 Å². The summed E-state index contributed by atoms with van der Waals surface area (Å²) >= 11 is 0. The van der Waals surface area contributed by atoms with E-state index in [2.05, 4.69) is 23.5 Å². The molecular weight excluding hydrogens is 388 g/mol. The van der Waals surface area contributed by atoms with Gasteiger partial charge in [0.05, 0.1) is 7.11 Å². The number of carbonyl (C=O) groups is 1. The maximum absolute atomic E-state index is 12.8. The van der Waals surface area contributed by atoms with E-state index in [0.717, 1.165) is 66.1 Å². The smallest absolute Gasteiger partial charge is 0.253 e. The number of piperidine rings is 1. The van der Waals surface area contributed by atoms with Crippen LogP contribution in [0.25, 0.3) is 5.57 Å². The van der Waals surface area contributed by atoms with Gasteiger partial charge < -0.3 is 19.7 Å². The van der Waals surface area contributed by atoms with E-state index >= 15 is 0 Å². The molecule has 1 amide bonds. The number of hydrogen-bond donors (Lipinski definition) is 1. The van der Waals surface area contributed by atoms with Crippen LogP contribution < -0.4 is 14.8 Å². The molecule has 1 saturated heterocycles. The molecule has 1 aromatic carbocycles. The van der Waals surface area contributed by atoms with Gasteiger partial charge in [-0.25, -0.2) is 0 Å². The summed E-state index contributed by atoms with van der Waals surface area (Å²) in [5.41, 5.74) is 3.77. The quantitative estimate of drug-likeness (QED) is 0.773. The molecule has 164 valence electrons. The molecule has 2 heterocycles. The van der Waals surface area contributed by atoms with Crippen molar-refractivity contribution >= 4 is 11.5 Å². The van der Waals surface area contributed by atoms with Gasteiger partial charge in [0.25, 0.3) is 5.91 Å². The highest BCUT2D eigenvalue weighted by atomic mass is 16.5. The Kier molecular flexibility index (Phi) is 6.33. The van der Waals surface area contributed by atoms with Crippen molar-refractivity contribution in [3.8, 4) is 11.5 Å². The second-order valence-corrected chi connectivity index (χ2v) is 8.20. The molecule has 5 heteroatoms. The Balaban J connectivity index is 1.70. The van der Waals surface area contributed by atoms with Crippen LogP contribution in [0.4, 0.5) is 0 Å². The molecule has 4 rings (SSSR count). The Morgan fingerprint density at radius 3 is 2.65 bits per heavy atom. The van der Waals surface area contributed by atoms with Gasteiger partial charge in [-0.15, -0.1) is 0 Å². The number of benzene rings is 1. The number of nitrogens with one attached hydrogen (secondary N) is 1. The average molecular weight is 421 g/mol. The predicted molar refractivity (Wildman–Crippen MR) is 124 cm³/mol. The number of allylic oxidation sites excluding steroid dienone is 5. The molecular formula is C26H32N2O3. The summed E-state index contributed by atoms with van der Waals surface area (Å²) in [7, 11) is 1.68. The molecule has 0 aromatic heterocycles. The SMILES string of the molecule is CCN(CC)C(=O)C1=CCC=C(C2=CC3(CCNCC3)Oc3ccc(OC)cc32)C=C1. The molecule has 0 radical (unpaired) electrons. The number of fused-ring (bicyclic) bond motifs is 1. The predicted octanol–water partition coefficient (Wildman–Crippen LogP) is 4.27. The molecule has 3 aliphatic rings. The summed E-state index contributed by atoms with van der Waals surface area (Å²) in [4.78, 5) is 14.7. The summed E-state index contributed by atoms with van der Waals surface area (Å²) in [5, 5.41) is 3.43. The number of rotatable bonds is 5. The van der Waals surface area contributed by atoms with E-state index < -0.39 is 0 Å². The standard InChI is InChI=1S/C26H32N2O3/c1-4-28(5-2)25(29)20-8-6-7-19(9-10-20)23-18-26(13-15-27-16-14-26)31-24-12-11-21(30-3)17-22(23)24/h7-12,17-18,27H,4-6,13-16H2,1-3H3. The van der Waals surface area contributed by atoms with E-state index in [9.17, 15) is 4.79 Å². The van der Waals surface area contributed by atoms with Crippen molar-refractivity contribution in [1.82, 2.24) is 10.2 Å². The lowest BCUT2D eigenvalue weighted by atomic mass is 9.83. The molecule has 0 unspecified atom stereocenters. The zero-order valence-electron chi connectivity index (χ0n) is 18.7. The van der Waals surface area contributed by atoms with Gasteiger partial charge in [0.15, 0.2) is 0 Å². The first-order chi connectivity index (χ1) is 15.1. The first-order valence-electron chi connectivity index (χ1n) is 11.3. The second kappa shape index (κ2) is 9.15. The van der Waals surface area contributed by atoms with Gasteiger partial charge in [-0.1, -0.05) is 18.2 Å². The minimum atomic E-state index is -0.295. The van der Waals surface area contributed by atoms with Gasteiger partial charge >= 0.3 is 0 Å². The summed E-state index contributed by atoms with van der Waals surface area (Å²) in [6.07, 6.45) is 13.1. The van der Waals surface area contributed by atoms with E-state index in [-0.39, 0.29) is 11.5 Å². The number of likely N-dealkylation sites (N-methyl/N-ethyl adjacent to an activating group) is 1. The number of carbonyl (C=O) groups excluding carboxylic acids is 1. The molecule has 31 heavy (non-hydrogen) atoms. The highest BCUT2D eigenvalue weighted by Crippen LogP contribution is 2.44. The normalized spacial score (nSPS) is 19.4. The molecule has 1 N–H and O–H groups in total. The number of hydrogen-bond acceptors (Lipinski definition) is 4. The van der Waals surface area contributed by atoms with Gasteiger partial charge in [0, 0.05) is 37.1 Å². The second-order valence-electron chi connectivity index (χ2n) is 8.20. The largest absolute Gasteiger partial charge is 0.497 e. The van der Waals surface area contributed by atoms with Crippen LogP contribution in [0.5, 0.6) is 11.5 Å². The number of nitrogens with zero attached hydrogens (tertiary/aromatic N) is 1. The fraction of sp³-hybridized carbons (Fsp3) is 0.423. The van der Waals surface area contributed by atoms with Gasteiger partial charge in [-0.2, -0.15) is 0 Å². The fourth-order valence-electron chi connectivity index (χ4n) is 4.54. The summed E-state index contributed by atoms with van der Waals surface area (Å²) < 4.78 is 12.0. The van der Waals surface area contributed by atoms with Crippen molar-refractivity contribution in [3.63, 3.8) is 0 Å². The van der Waals surface area contributed by atoms with Crippen LogP contribution in [0.2, 0.25) is 0 Å². The number of amides is 1. The highest BCUT2D eigenvalue weighted by Gasteiger charge is 2.37. The molecule has 0 bridgehead atoms. The van der Waals surface area contributed by atoms with E-state index in [0.29, 0.717) is 13.1 Å². The topological polar surface area (TPSA) is 50.8 Å². The number of ether oxygens (including phenoxy) is 2. The monoisotopic (exact) mass is 420 g/mol. The highest BCUT2D eigenvalue weighted by molar-refractivity contribution is 5.97. The van der Waals surface area contributed by atoms with Crippen LogP contribution in [0, 0.1) is 0 Å². The minimum absolute atomic E-state index is 0.0914.